The van der Waals surface area contributed by atoms with Crippen LogP contribution in [0.15, 0.2) is 5.38 Å². The van der Waals surface area contributed by atoms with E-state index in [0.29, 0.717) is 26.1 Å². The zero-order chi connectivity index (χ0) is 13.2. The lowest BCUT2D eigenvalue weighted by molar-refractivity contribution is -0.143. The summed E-state index contributed by atoms with van der Waals surface area (Å²) in [6, 6.07) is 0. The van der Waals surface area contributed by atoms with Crippen molar-refractivity contribution in [2.24, 2.45) is 0 Å². The molecule has 6 heteroatoms. The van der Waals surface area contributed by atoms with Crippen molar-refractivity contribution in [1.82, 2.24) is 4.98 Å². The van der Waals surface area contributed by atoms with Crippen LogP contribution in [0.25, 0.3) is 0 Å². The highest BCUT2D eigenvalue weighted by molar-refractivity contribution is 7.13. The number of thiazole rings is 1. The Labute approximate surface area is 112 Å². The second kappa shape index (κ2) is 8.88. The van der Waals surface area contributed by atoms with Crippen LogP contribution < -0.4 is 5.32 Å². The molecule has 0 saturated carbocycles. The summed E-state index contributed by atoms with van der Waals surface area (Å²) in [5.41, 5.74) is 0.923. The number of hydrogen-bond donors (Lipinski definition) is 1. The number of aromatic nitrogens is 1. The van der Waals surface area contributed by atoms with Crippen molar-refractivity contribution in [2.45, 2.75) is 26.7 Å². The second-order valence-corrected chi connectivity index (χ2v) is 4.43. The molecule has 1 aromatic rings. The van der Waals surface area contributed by atoms with Gasteiger partial charge in [-0.25, -0.2) is 4.98 Å². The monoisotopic (exact) mass is 272 g/mol. The third-order valence-corrected chi connectivity index (χ3v) is 3.02. The van der Waals surface area contributed by atoms with Crippen molar-refractivity contribution in [3.63, 3.8) is 0 Å². The summed E-state index contributed by atoms with van der Waals surface area (Å²) in [6.07, 6.45) is 1.01. The van der Waals surface area contributed by atoms with E-state index in [-0.39, 0.29) is 5.97 Å². The maximum absolute atomic E-state index is 11.2. The molecule has 1 aromatic heterocycles. The summed E-state index contributed by atoms with van der Waals surface area (Å²) in [7, 11) is 0. The zero-order valence-corrected chi connectivity index (χ0v) is 11.7. The fourth-order valence-corrected chi connectivity index (χ4v) is 2.11. The van der Waals surface area contributed by atoms with Crippen molar-refractivity contribution in [1.29, 1.82) is 0 Å². The minimum atomic E-state index is -0.170. The predicted octanol–water partition coefficient (Wildman–Crippen LogP) is 2.09. The topological polar surface area (TPSA) is 60.5 Å². The van der Waals surface area contributed by atoms with Crippen LogP contribution in [0.4, 0.5) is 5.13 Å². The SMILES string of the molecule is CCOCCNc1nc(CCC(=O)OCC)cs1. The van der Waals surface area contributed by atoms with Gasteiger partial charge in [0.15, 0.2) is 5.13 Å². The van der Waals surface area contributed by atoms with Crippen molar-refractivity contribution in [3.8, 4) is 0 Å². The van der Waals surface area contributed by atoms with Gasteiger partial charge in [0.2, 0.25) is 0 Å². The van der Waals surface area contributed by atoms with Crippen molar-refractivity contribution >= 4 is 22.4 Å². The first-order chi connectivity index (χ1) is 8.76. The Bertz CT molecular complexity index is 355. The van der Waals surface area contributed by atoms with Crippen LogP contribution in [0.1, 0.15) is 26.0 Å². The van der Waals surface area contributed by atoms with E-state index in [2.05, 4.69) is 10.3 Å². The molecule has 102 valence electrons. The summed E-state index contributed by atoms with van der Waals surface area (Å²) in [6.45, 7) is 6.36. The van der Waals surface area contributed by atoms with Gasteiger partial charge in [0.05, 0.1) is 25.3 Å². The largest absolute Gasteiger partial charge is 0.466 e. The number of esters is 1. The van der Waals surface area contributed by atoms with Gasteiger partial charge in [-0.3, -0.25) is 4.79 Å². The molecule has 0 unspecified atom stereocenters. The van der Waals surface area contributed by atoms with E-state index in [1.165, 1.54) is 0 Å². The van der Waals surface area contributed by atoms with Crippen molar-refractivity contribution in [3.05, 3.63) is 11.1 Å². The highest BCUT2D eigenvalue weighted by atomic mass is 32.1. The molecule has 0 saturated heterocycles. The smallest absolute Gasteiger partial charge is 0.306 e. The van der Waals surface area contributed by atoms with E-state index >= 15 is 0 Å². The van der Waals surface area contributed by atoms with Crippen LogP contribution >= 0.6 is 11.3 Å². The lowest BCUT2D eigenvalue weighted by atomic mass is 10.2. The normalized spacial score (nSPS) is 10.3. The molecule has 0 spiro atoms. The summed E-state index contributed by atoms with van der Waals surface area (Å²) in [5.74, 6) is -0.170. The highest BCUT2D eigenvalue weighted by Crippen LogP contribution is 2.16. The van der Waals surface area contributed by atoms with Gasteiger partial charge in [-0.1, -0.05) is 0 Å². The van der Waals surface area contributed by atoms with Gasteiger partial charge in [0.25, 0.3) is 0 Å². The zero-order valence-electron chi connectivity index (χ0n) is 10.9. The molecule has 0 fully saturated rings. The molecular weight excluding hydrogens is 252 g/mol. The quantitative estimate of drug-likeness (QED) is 0.551. The van der Waals surface area contributed by atoms with Gasteiger partial charge < -0.3 is 14.8 Å². The van der Waals surface area contributed by atoms with Gasteiger partial charge >= 0.3 is 5.97 Å². The third-order valence-electron chi connectivity index (χ3n) is 2.17. The Morgan fingerprint density at radius 3 is 3.00 bits per heavy atom. The van der Waals surface area contributed by atoms with E-state index in [0.717, 1.165) is 24.0 Å². The maximum Gasteiger partial charge on any atom is 0.306 e. The van der Waals surface area contributed by atoms with E-state index in [1.54, 1.807) is 18.3 Å². The van der Waals surface area contributed by atoms with Gasteiger partial charge in [0.1, 0.15) is 0 Å². The maximum atomic E-state index is 11.2. The fourth-order valence-electron chi connectivity index (χ4n) is 1.34. The molecule has 0 aliphatic carbocycles. The van der Waals surface area contributed by atoms with Crippen LogP contribution in [0.5, 0.6) is 0 Å². The van der Waals surface area contributed by atoms with Crippen LogP contribution in [0.3, 0.4) is 0 Å². The summed E-state index contributed by atoms with van der Waals surface area (Å²) >= 11 is 1.54. The van der Waals surface area contributed by atoms with Gasteiger partial charge in [-0.05, 0) is 13.8 Å². The number of carbonyl (C=O) groups is 1. The Morgan fingerprint density at radius 1 is 1.44 bits per heavy atom. The molecule has 18 heavy (non-hydrogen) atoms. The van der Waals surface area contributed by atoms with Crippen LogP contribution in [0.2, 0.25) is 0 Å². The number of aryl methyl sites for hydroxylation is 1. The Kier molecular flexibility index (Phi) is 7.36. The van der Waals surface area contributed by atoms with E-state index < -0.39 is 0 Å². The fraction of sp³-hybridized carbons (Fsp3) is 0.667. The number of hydrogen-bond acceptors (Lipinski definition) is 6. The molecule has 1 rings (SSSR count). The molecule has 0 aromatic carbocycles. The van der Waals surface area contributed by atoms with Crippen LogP contribution in [-0.4, -0.2) is 37.3 Å². The van der Waals surface area contributed by atoms with Gasteiger partial charge in [0, 0.05) is 25.0 Å². The van der Waals surface area contributed by atoms with Crippen LogP contribution in [0, 0.1) is 0 Å². The lowest BCUT2D eigenvalue weighted by Crippen LogP contribution is -2.09. The second-order valence-electron chi connectivity index (χ2n) is 3.57. The molecule has 0 radical (unpaired) electrons. The molecular formula is C12H20N2O3S. The van der Waals surface area contributed by atoms with Crippen molar-refractivity contribution in [2.75, 3.05) is 31.7 Å². The molecule has 0 aliphatic rings. The minimum absolute atomic E-state index is 0.170. The molecule has 5 nitrogen and oxygen atoms in total. The molecule has 0 bridgehead atoms. The number of ether oxygens (including phenoxy) is 2. The molecule has 1 N–H and O–H groups in total. The van der Waals surface area contributed by atoms with Crippen molar-refractivity contribution < 1.29 is 14.3 Å². The Hall–Kier alpha value is -1.14. The Morgan fingerprint density at radius 2 is 2.28 bits per heavy atom. The number of nitrogens with zero attached hydrogens (tertiary/aromatic N) is 1. The van der Waals surface area contributed by atoms with Crippen LogP contribution in [-0.2, 0) is 20.7 Å². The third kappa shape index (κ3) is 5.97. The lowest BCUT2D eigenvalue weighted by Gasteiger charge is -2.02. The number of nitrogens with one attached hydrogen (secondary N) is 1. The molecule has 0 amide bonds. The van der Waals surface area contributed by atoms with Gasteiger partial charge in [-0.15, -0.1) is 11.3 Å². The first kappa shape index (κ1) is 14.9. The first-order valence-electron chi connectivity index (χ1n) is 6.17. The predicted molar refractivity (Wildman–Crippen MR) is 72.1 cm³/mol. The van der Waals surface area contributed by atoms with Gasteiger partial charge in [-0.2, -0.15) is 0 Å². The molecule has 0 aliphatic heterocycles. The average molecular weight is 272 g/mol. The van der Waals surface area contributed by atoms with E-state index in [9.17, 15) is 4.79 Å². The molecule has 1 heterocycles. The standard InChI is InChI=1S/C12H20N2O3S/c1-3-16-8-7-13-12-14-10(9-18-12)5-6-11(15)17-4-2/h9H,3-8H2,1-2H3,(H,13,14). The average Bonchev–Trinajstić information content (AvgIpc) is 2.81. The number of carbonyl (C=O) groups excluding carboxylic acids is 1. The Balaban J connectivity index is 2.23. The highest BCUT2D eigenvalue weighted by Gasteiger charge is 2.06. The summed E-state index contributed by atoms with van der Waals surface area (Å²) in [4.78, 5) is 15.6. The van der Waals surface area contributed by atoms with E-state index in [4.69, 9.17) is 9.47 Å². The summed E-state index contributed by atoms with van der Waals surface area (Å²) in [5, 5.41) is 6.01. The van der Waals surface area contributed by atoms with E-state index in [1.807, 2.05) is 12.3 Å². The number of anilines is 1. The first-order valence-corrected chi connectivity index (χ1v) is 7.05. The number of rotatable bonds is 9. The molecule has 0 atom stereocenters. The minimum Gasteiger partial charge on any atom is -0.466 e. The summed E-state index contributed by atoms with van der Waals surface area (Å²) < 4.78 is 10.1.